The zero-order chi connectivity index (χ0) is 10.7. The Hall–Kier alpha value is -1.37. The third kappa shape index (κ3) is 2.35. The summed E-state index contributed by atoms with van der Waals surface area (Å²) in [4.78, 5) is 2.29. The molecule has 15 heavy (non-hydrogen) atoms. The molecule has 0 unspecified atom stereocenters. The van der Waals surface area contributed by atoms with Gasteiger partial charge in [-0.25, -0.2) is 0 Å². The van der Waals surface area contributed by atoms with Crippen LogP contribution in [0, 0.1) is 17.2 Å². The van der Waals surface area contributed by atoms with Gasteiger partial charge in [0.1, 0.15) is 0 Å². The largest absolute Gasteiger partial charge is 0.396 e. The summed E-state index contributed by atoms with van der Waals surface area (Å²) in [5.74, 6) is 0.461. The third-order valence-electron chi connectivity index (χ3n) is 2.78. The Morgan fingerprint density at radius 3 is 2.53 bits per heavy atom. The van der Waals surface area contributed by atoms with Crippen molar-refractivity contribution in [3.63, 3.8) is 0 Å². The molecule has 1 fully saturated rings. The first kappa shape index (κ1) is 10.2. The Morgan fingerprint density at radius 1 is 1.33 bits per heavy atom. The fourth-order valence-electron chi connectivity index (χ4n) is 1.86. The molecule has 0 saturated carbocycles. The van der Waals surface area contributed by atoms with Crippen molar-refractivity contribution in [2.75, 3.05) is 19.7 Å². The highest BCUT2D eigenvalue weighted by Crippen LogP contribution is 2.17. The van der Waals surface area contributed by atoms with Crippen LogP contribution in [0.5, 0.6) is 0 Å². The lowest BCUT2D eigenvalue weighted by atomic mass is 10.0. The van der Waals surface area contributed by atoms with Crippen LogP contribution in [-0.2, 0) is 6.54 Å². The Labute approximate surface area is 89.6 Å². The first-order valence-corrected chi connectivity index (χ1v) is 5.14. The van der Waals surface area contributed by atoms with E-state index in [9.17, 15) is 0 Å². The Morgan fingerprint density at radius 2 is 2.00 bits per heavy atom. The minimum absolute atomic E-state index is 0.296. The van der Waals surface area contributed by atoms with Crippen molar-refractivity contribution >= 4 is 0 Å². The number of hydrogen-bond acceptors (Lipinski definition) is 3. The SMILES string of the molecule is N#Cc1ccc(CN2CC(CO)C2)cc1. The van der Waals surface area contributed by atoms with Crippen molar-refractivity contribution in [2.45, 2.75) is 6.54 Å². The van der Waals surface area contributed by atoms with Crippen molar-refractivity contribution in [3.05, 3.63) is 35.4 Å². The van der Waals surface area contributed by atoms with Crippen LogP contribution in [0.4, 0.5) is 0 Å². The van der Waals surface area contributed by atoms with Gasteiger partial charge in [-0.3, -0.25) is 4.90 Å². The third-order valence-corrected chi connectivity index (χ3v) is 2.78. The number of nitriles is 1. The molecular weight excluding hydrogens is 188 g/mol. The highest BCUT2D eigenvalue weighted by atomic mass is 16.3. The standard InChI is InChI=1S/C12H14N2O/c13-5-10-1-3-11(4-2-10)6-14-7-12(8-14)9-15/h1-4,12,15H,6-9H2. The molecule has 0 aliphatic carbocycles. The average Bonchev–Trinajstić information content (AvgIpc) is 2.23. The lowest BCUT2D eigenvalue weighted by Crippen LogP contribution is -2.47. The van der Waals surface area contributed by atoms with Gasteiger partial charge < -0.3 is 5.11 Å². The summed E-state index contributed by atoms with van der Waals surface area (Å²) in [6.45, 7) is 3.18. The van der Waals surface area contributed by atoms with E-state index >= 15 is 0 Å². The van der Waals surface area contributed by atoms with Gasteiger partial charge in [0.25, 0.3) is 0 Å². The summed E-state index contributed by atoms with van der Waals surface area (Å²) in [5, 5.41) is 17.5. The predicted molar refractivity (Wildman–Crippen MR) is 57.0 cm³/mol. The maximum atomic E-state index is 8.88. The second-order valence-corrected chi connectivity index (χ2v) is 4.05. The highest BCUT2D eigenvalue weighted by molar-refractivity contribution is 5.31. The van der Waals surface area contributed by atoms with E-state index in [1.54, 1.807) is 0 Å². The maximum Gasteiger partial charge on any atom is 0.0991 e. The molecule has 1 aliphatic heterocycles. The average molecular weight is 202 g/mol. The van der Waals surface area contributed by atoms with E-state index in [1.807, 2.05) is 24.3 Å². The predicted octanol–water partition coefficient (Wildman–Crippen LogP) is 0.982. The quantitative estimate of drug-likeness (QED) is 0.795. The Bertz CT molecular complexity index is 360. The van der Waals surface area contributed by atoms with Crippen molar-refractivity contribution in [1.29, 1.82) is 5.26 Å². The number of aliphatic hydroxyl groups is 1. The van der Waals surface area contributed by atoms with Gasteiger partial charge in [0.15, 0.2) is 0 Å². The summed E-state index contributed by atoms with van der Waals surface area (Å²) in [6, 6.07) is 9.78. The van der Waals surface area contributed by atoms with Gasteiger partial charge in [-0.1, -0.05) is 12.1 Å². The van der Waals surface area contributed by atoms with Gasteiger partial charge >= 0.3 is 0 Å². The molecule has 3 heteroatoms. The normalized spacial score (nSPS) is 17.1. The molecule has 0 bridgehead atoms. The van der Waals surface area contributed by atoms with Gasteiger partial charge in [-0.2, -0.15) is 5.26 Å². The van der Waals surface area contributed by atoms with Crippen LogP contribution in [0.25, 0.3) is 0 Å². The minimum atomic E-state index is 0.296. The second-order valence-electron chi connectivity index (χ2n) is 4.05. The van der Waals surface area contributed by atoms with Crippen molar-refractivity contribution < 1.29 is 5.11 Å². The number of likely N-dealkylation sites (tertiary alicyclic amines) is 1. The molecule has 1 aromatic carbocycles. The summed E-state index contributed by atoms with van der Waals surface area (Å²) in [5.41, 5.74) is 1.93. The molecule has 0 spiro atoms. The molecule has 0 atom stereocenters. The van der Waals surface area contributed by atoms with Gasteiger partial charge in [-0.15, -0.1) is 0 Å². The smallest absolute Gasteiger partial charge is 0.0991 e. The topological polar surface area (TPSA) is 47.3 Å². The molecular formula is C12H14N2O. The van der Waals surface area contributed by atoms with Crippen LogP contribution in [0.1, 0.15) is 11.1 Å². The van der Waals surface area contributed by atoms with Gasteiger partial charge in [0, 0.05) is 32.2 Å². The van der Waals surface area contributed by atoms with E-state index in [4.69, 9.17) is 10.4 Å². The van der Waals surface area contributed by atoms with Crippen LogP contribution in [-0.4, -0.2) is 29.7 Å². The first-order valence-electron chi connectivity index (χ1n) is 5.14. The van der Waals surface area contributed by atoms with E-state index in [-0.39, 0.29) is 0 Å². The summed E-state index contributed by atoms with van der Waals surface area (Å²) in [6.07, 6.45) is 0. The number of aliphatic hydroxyl groups excluding tert-OH is 1. The zero-order valence-corrected chi connectivity index (χ0v) is 8.56. The van der Waals surface area contributed by atoms with Crippen LogP contribution in [0.2, 0.25) is 0 Å². The number of nitrogens with zero attached hydrogens (tertiary/aromatic N) is 2. The molecule has 1 aromatic rings. The zero-order valence-electron chi connectivity index (χ0n) is 8.56. The van der Waals surface area contributed by atoms with Crippen LogP contribution >= 0.6 is 0 Å². The van der Waals surface area contributed by atoms with Gasteiger partial charge in [-0.05, 0) is 17.7 Å². The fourth-order valence-corrected chi connectivity index (χ4v) is 1.86. The van der Waals surface area contributed by atoms with Crippen molar-refractivity contribution in [2.24, 2.45) is 5.92 Å². The van der Waals surface area contributed by atoms with Gasteiger partial charge in [0.2, 0.25) is 0 Å². The van der Waals surface area contributed by atoms with Crippen LogP contribution in [0.3, 0.4) is 0 Å². The monoisotopic (exact) mass is 202 g/mol. The Balaban J connectivity index is 1.87. The summed E-state index contributed by atoms with van der Waals surface area (Å²) >= 11 is 0. The van der Waals surface area contributed by atoms with E-state index in [0.29, 0.717) is 18.1 Å². The van der Waals surface area contributed by atoms with E-state index < -0.39 is 0 Å². The lowest BCUT2D eigenvalue weighted by molar-refractivity contribution is 0.0479. The maximum absolute atomic E-state index is 8.88. The lowest BCUT2D eigenvalue weighted by Gasteiger charge is -2.38. The molecule has 0 aromatic heterocycles. The van der Waals surface area contributed by atoms with E-state index in [1.165, 1.54) is 5.56 Å². The molecule has 78 valence electrons. The molecule has 1 heterocycles. The Kier molecular flexibility index (Phi) is 3.00. The second kappa shape index (κ2) is 4.43. The minimum Gasteiger partial charge on any atom is -0.396 e. The molecule has 3 nitrogen and oxygen atoms in total. The number of rotatable bonds is 3. The highest BCUT2D eigenvalue weighted by Gasteiger charge is 2.25. The van der Waals surface area contributed by atoms with Crippen molar-refractivity contribution in [1.82, 2.24) is 4.90 Å². The fraction of sp³-hybridized carbons (Fsp3) is 0.417. The molecule has 2 rings (SSSR count). The number of hydrogen-bond donors (Lipinski definition) is 1. The molecule has 1 N–H and O–H groups in total. The van der Waals surface area contributed by atoms with E-state index in [2.05, 4.69) is 11.0 Å². The summed E-state index contributed by atoms with van der Waals surface area (Å²) in [7, 11) is 0. The van der Waals surface area contributed by atoms with Crippen molar-refractivity contribution in [3.8, 4) is 6.07 Å². The molecule has 1 aliphatic rings. The van der Waals surface area contributed by atoms with Crippen LogP contribution < -0.4 is 0 Å². The molecule has 0 radical (unpaired) electrons. The number of benzene rings is 1. The first-order chi connectivity index (χ1) is 7.31. The van der Waals surface area contributed by atoms with Crippen LogP contribution in [0.15, 0.2) is 24.3 Å². The van der Waals surface area contributed by atoms with Gasteiger partial charge in [0.05, 0.1) is 11.6 Å². The molecule has 1 saturated heterocycles. The van der Waals surface area contributed by atoms with E-state index in [0.717, 1.165) is 19.6 Å². The molecule has 0 amide bonds. The summed E-state index contributed by atoms with van der Waals surface area (Å²) < 4.78 is 0.